The van der Waals surface area contributed by atoms with E-state index < -0.39 is 0 Å². The molecule has 0 aliphatic rings. The van der Waals surface area contributed by atoms with Gasteiger partial charge >= 0.3 is 0 Å². The van der Waals surface area contributed by atoms with Gasteiger partial charge in [0.25, 0.3) is 5.56 Å². The maximum absolute atomic E-state index is 12.4. The third-order valence-corrected chi connectivity index (χ3v) is 3.90. The molecule has 0 amide bonds. The van der Waals surface area contributed by atoms with Crippen LogP contribution in [0.2, 0.25) is 5.02 Å². The first-order valence-electron chi connectivity index (χ1n) is 6.88. The van der Waals surface area contributed by atoms with Crippen LogP contribution < -0.4 is 5.56 Å². The molecule has 0 saturated heterocycles. The minimum atomic E-state index is -0.0574. The summed E-state index contributed by atoms with van der Waals surface area (Å²) in [5.74, 6) is 0. The predicted octanol–water partition coefficient (Wildman–Crippen LogP) is 4.05. The summed E-state index contributed by atoms with van der Waals surface area (Å²) in [6.07, 6.45) is 0. The van der Waals surface area contributed by atoms with Gasteiger partial charge in [-0.25, -0.2) is 4.98 Å². The van der Waals surface area contributed by atoms with Crippen LogP contribution in [0, 0.1) is 6.92 Å². The van der Waals surface area contributed by atoms with E-state index in [1.54, 1.807) is 10.6 Å². The third kappa shape index (κ3) is 2.34. The molecule has 0 saturated carbocycles. The van der Waals surface area contributed by atoms with Crippen LogP contribution >= 0.6 is 11.6 Å². The van der Waals surface area contributed by atoms with Crippen molar-refractivity contribution in [3.8, 4) is 11.1 Å². The van der Waals surface area contributed by atoms with Gasteiger partial charge in [-0.3, -0.25) is 9.36 Å². The summed E-state index contributed by atoms with van der Waals surface area (Å²) in [6.45, 7) is 4.46. The zero-order chi connectivity index (χ0) is 15.0. The smallest absolute Gasteiger partial charge is 0.252 e. The Morgan fingerprint density at radius 1 is 1.14 bits per heavy atom. The lowest BCUT2D eigenvalue weighted by Gasteiger charge is -2.13. The molecule has 3 nitrogen and oxygen atoms in total. The molecule has 2 aromatic heterocycles. The number of nitrogens with zero attached hydrogens (tertiary/aromatic N) is 2. The maximum Gasteiger partial charge on any atom is 0.252 e. The molecule has 0 atom stereocenters. The van der Waals surface area contributed by atoms with Crippen LogP contribution in [0.5, 0.6) is 0 Å². The fraction of sp³-hybridized carbons (Fsp3) is 0.176. The molecule has 21 heavy (non-hydrogen) atoms. The van der Waals surface area contributed by atoms with Crippen LogP contribution in [0.1, 0.15) is 12.6 Å². The molecule has 3 aromatic rings. The molecular formula is C17H15ClN2O. The first kappa shape index (κ1) is 13.8. The second-order valence-corrected chi connectivity index (χ2v) is 5.35. The molecule has 0 spiro atoms. The maximum atomic E-state index is 12.4. The lowest BCUT2D eigenvalue weighted by Crippen LogP contribution is -2.20. The van der Waals surface area contributed by atoms with Gasteiger partial charge in [0.1, 0.15) is 5.65 Å². The van der Waals surface area contributed by atoms with Gasteiger partial charge < -0.3 is 0 Å². The summed E-state index contributed by atoms with van der Waals surface area (Å²) in [6, 6.07) is 13.1. The summed E-state index contributed by atoms with van der Waals surface area (Å²) in [5, 5.41) is 1.57. The van der Waals surface area contributed by atoms with E-state index in [0.29, 0.717) is 17.2 Å². The van der Waals surface area contributed by atoms with Gasteiger partial charge in [0.15, 0.2) is 0 Å². The van der Waals surface area contributed by atoms with Crippen molar-refractivity contribution >= 4 is 22.6 Å². The highest BCUT2D eigenvalue weighted by molar-refractivity contribution is 6.33. The highest BCUT2D eigenvalue weighted by atomic mass is 35.5. The van der Waals surface area contributed by atoms with Crippen LogP contribution in [-0.2, 0) is 6.54 Å². The minimum Gasteiger partial charge on any atom is -0.293 e. The van der Waals surface area contributed by atoms with E-state index in [2.05, 4.69) is 4.98 Å². The number of pyridine rings is 2. The van der Waals surface area contributed by atoms with E-state index in [1.807, 2.05) is 50.2 Å². The number of rotatable bonds is 2. The van der Waals surface area contributed by atoms with Crippen molar-refractivity contribution in [2.75, 3.05) is 0 Å². The van der Waals surface area contributed by atoms with Crippen molar-refractivity contribution in [1.29, 1.82) is 0 Å². The first-order valence-corrected chi connectivity index (χ1v) is 7.25. The van der Waals surface area contributed by atoms with Gasteiger partial charge in [-0.2, -0.15) is 0 Å². The fourth-order valence-electron chi connectivity index (χ4n) is 2.55. The van der Waals surface area contributed by atoms with Crippen molar-refractivity contribution in [3.05, 3.63) is 63.5 Å². The molecule has 0 bridgehead atoms. The number of aryl methyl sites for hydroxylation is 2. The van der Waals surface area contributed by atoms with E-state index in [1.165, 1.54) is 0 Å². The Balaban J connectivity index is 2.45. The van der Waals surface area contributed by atoms with Crippen molar-refractivity contribution in [3.63, 3.8) is 0 Å². The van der Waals surface area contributed by atoms with Crippen LogP contribution in [0.3, 0.4) is 0 Å². The van der Waals surface area contributed by atoms with E-state index >= 15 is 0 Å². The molecule has 0 aliphatic carbocycles. The number of benzene rings is 1. The van der Waals surface area contributed by atoms with E-state index in [-0.39, 0.29) is 5.56 Å². The Morgan fingerprint density at radius 2 is 1.90 bits per heavy atom. The summed E-state index contributed by atoms with van der Waals surface area (Å²) in [4.78, 5) is 16.9. The lowest BCUT2D eigenvalue weighted by molar-refractivity contribution is 0.749. The number of halogens is 1. The molecule has 0 N–H and O–H groups in total. The normalized spacial score (nSPS) is 11.0. The molecule has 106 valence electrons. The monoisotopic (exact) mass is 298 g/mol. The molecule has 0 fully saturated rings. The molecule has 4 heteroatoms. The summed E-state index contributed by atoms with van der Waals surface area (Å²) in [5.41, 5.74) is 3.23. The standard InChI is InChI=1S/C17H15ClN2O/c1-3-20-16(21)10-14(12-6-4-5-7-15(12)18)13-9-8-11(2)19-17(13)20/h4-10H,3H2,1-2H3. The highest BCUT2D eigenvalue weighted by Crippen LogP contribution is 2.31. The molecule has 0 unspecified atom stereocenters. The van der Waals surface area contributed by atoms with Gasteiger partial charge in [0.05, 0.1) is 0 Å². The average molecular weight is 299 g/mol. The Bertz CT molecular complexity index is 884. The molecular weight excluding hydrogens is 284 g/mol. The molecule has 0 aliphatic heterocycles. The summed E-state index contributed by atoms with van der Waals surface area (Å²) in [7, 11) is 0. The van der Waals surface area contributed by atoms with Crippen LogP contribution in [0.4, 0.5) is 0 Å². The number of fused-ring (bicyclic) bond motifs is 1. The molecule has 0 radical (unpaired) electrons. The molecule has 3 rings (SSSR count). The second kappa shape index (κ2) is 5.34. The molecule has 1 aromatic carbocycles. The number of hydrogen-bond acceptors (Lipinski definition) is 2. The average Bonchev–Trinajstić information content (AvgIpc) is 2.47. The van der Waals surface area contributed by atoms with Gasteiger partial charge in [-0.1, -0.05) is 29.8 Å². The fourth-order valence-corrected chi connectivity index (χ4v) is 2.79. The first-order chi connectivity index (χ1) is 10.1. The predicted molar refractivity (Wildman–Crippen MR) is 86.9 cm³/mol. The van der Waals surface area contributed by atoms with Gasteiger partial charge in [0.2, 0.25) is 0 Å². The van der Waals surface area contributed by atoms with Gasteiger partial charge in [0, 0.05) is 34.3 Å². The Kier molecular flexibility index (Phi) is 3.52. The summed E-state index contributed by atoms with van der Waals surface area (Å²) < 4.78 is 1.68. The quantitative estimate of drug-likeness (QED) is 0.715. The van der Waals surface area contributed by atoms with Crippen molar-refractivity contribution in [1.82, 2.24) is 9.55 Å². The van der Waals surface area contributed by atoms with Crippen LogP contribution in [-0.4, -0.2) is 9.55 Å². The highest BCUT2D eigenvalue weighted by Gasteiger charge is 2.12. The topological polar surface area (TPSA) is 34.9 Å². The summed E-state index contributed by atoms with van der Waals surface area (Å²) >= 11 is 6.29. The van der Waals surface area contributed by atoms with Gasteiger partial charge in [-0.05, 0) is 37.6 Å². The Hall–Kier alpha value is -2.13. The van der Waals surface area contributed by atoms with E-state index in [4.69, 9.17) is 11.6 Å². The molecule has 2 heterocycles. The Labute approximate surface area is 127 Å². The van der Waals surface area contributed by atoms with Crippen molar-refractivity contribution in [2.24, 2.45) is 0 Å². The Morgan fingerprint density at radius 3 is 2.62 bits per heavy atom. The van der Waals surface area contributed by atoms with Gasteiger partial charge in [-0.15, -0.1) is 0 Å². The SMILES string of the molecule is CCn1c(=O)cc(-c2ccccc2Cl)c2ccc(C)nc21. The van der Waals surface area contributed by atoms with E-state index in [0.717, 1.165) is 22.2 Å². The second-order valence-electron chi connectivity index (χ2n) is 4.94. The minimum absolute atomic E-state index is 0.0574. The van der Waals surface area contributed by atoms with E-state index in [9.17, 15) is 4.79 Å². The zero-order valence-corrected chi connectivity index (χ0v) is 12.7. The largest absolute Gasteiger partial charge is 0.293 e. The third-order valence-electron chi connectivity index (χ3n) is 3.57. The lowest BCUT2D eigenvalue weighted by atomic mass is 10.0. The van der Waals surface area contributed by atoms with Crippen LogP contribution in [0.25, 0.3) is 22.2 Å². The van der Waals surface area contributed by atoms with Crippen molar-refractivity contribution < 1.29 is 0 Å². The number of aromatic nitrogens is 2. The van der Waals surface area contributed by atoms with Crippen molar-refractivity contribution in [2.45, 2.75) is 20.4 Å². The zero-order valence-electron chi connectivity index (χ0n) is 11.9. The van der Waals surface area contributed by atoms with Crippen LogP contribution in [0.15, 0.2) is 47.3 Å². The number of hydrogen-bond donors (Lipinski definition) is 0.